The Morgan fingerprint density at radius 1 is 1.27 bits per heavy atom. The SMILES string of the molecule is CCn1c(=O)c(N2CCC[C@H](C(=O)NCc3cccc(C)c3)C2)nc2cccnc21. The van der Waals surface area contributed by atoms with E-state index >= 15 is 0 Å². The second-order valence-electron chi connectivity index (χ2n) is 7.82. The Hall–Kier alpha value is -3.22. The van der Waals surface area contributed by atoms with Crippen LogP contribution < -0.4 is 15.8 Å². The van der Waals surface area contributed by atoms with Gasteiger partial charge in [-0.2, -0.15) is 0 Å². The molecule has 7 heteroatoms. The maximum atomic E-state index is 13.1. The van der Waals surface area contributed by atoms with Crippen LogP contribution in [0.15, 0.2) is 47.4 Å². The molecule has 1 amide bonds. The molecule has 1 N–H and O–H groups in total. The molecule has 156 valence electrons. The Balaban J connectivity index is 1.52. The van der Waals surface area contributed by atoms with Crippen LogP contribution in [0.3, 0.4) is 0 Å². The summed E-state index contributed by atoms with van der Waals surface area (Å²) in [6, 6.07) is 11.8. The van der Waals surface area contributed by atoms with Gasteiger partial charge in [-0.05, 0) is 44.4 Å². The summed E-state index contributed by atoms with van der Waals surface area (Å²) < 4.78 is 1.65. The highest BCUT2D eigenvalue weighted by atomic mass is 16.2. The molecule has 0 saturated carbocycles. The lowest BCUT2D eigenvalue weighted by atomic mass is 9.97. The first-order valence-electron chi connectivity index (χ1n) is 10.5. The molecule has 1 atom stereocenters. The van der Waals surface area contributed by atoms with Gasteiger partial charge < -0.3 is 10.2 Å². The first kappa shape index (κ1) is 20.1. The van der Waals surface area contributed by atoms with E-state index in [1.54, 1.807) is 10.8 Å². The average Bonchev–Trinajstić information content (AvgIpc) is 2.77. The van der Waals surface area contributed by atoms with Crippen molar-refractivity contribution < 1.29 is 4.79 Å². The summed E-state index contributed by atoms with van der Waals surface area (Å²) in [6.45, 7) is 6.23. The summed E-state index contributed by atoms with van der Waals surface area (Å²) in [4.78, 5) is 36.7. The number of amides is 1. The van der Waals surface area contributed by atoms with Crippen molar-refractivity contribution in [3.63, 3.8) is 0 Å². The number of benzene rings is 1. The van der Waals surface area contributed by atoms with Crippen LogP contribution in [0.1, 0.15) is 30.9 Å². The summed E-state index contributed by atoms with van der Waals surface area (Å²) in [6.07, 6.45) is 3.33. The number of pyridine rings is 1. The third kappa shape index (κ3) is 4.06. The molecule has 1 aromatic carbocycles. The second-order valence-corrected chi connectivity index (χ2v) is 7.82. The van der Waals surface area contributed by atoms with Crippen LogP contribution in [0, 0.1) is 12.8 Å². The summed E-state index contributed by atoms with van der Waals surface area (Å²) in [5.41, 5.74) is 3.41. The number of fused-ring (bicyclic) bond motifs is 1. The minimum Gasteiger partial charge on any atom is -0.352 e. The molecule has 3 heterocycles. The van der Waals surface area contributed by atoms with Gasteiger partial charge in [-0.3, -0.25) is 14.2 Å². The van der Waals surface area contributed by atoms with Gasteiger partial charge in [0.25, 0.3) is 5.56 Å². The number of anilines is 1. The molecule has 0 spiro atoms. The number of hydrogen-bond donors (Lipinski definition) is 1. The number of nitrogens with one attached hydrogen (secondary N) is 1. The molecule has 0 aliphatic carbocycles. The summed E-state index contributed by atoms with van der Waals surface area (Å²) in [5, 5.41) is 3.06. The number of aryl methyl sites for hydroxylation is 2. The monoisotopic (exact) mass is 405 g/mol. The molecule has 1 aliphatic rings. The second kappa shape index (κ2) is 8.65. The van der Waals surface area contributed by atoms with Crippen LogP contribution in [0.2, 0.25) is 0 Å². The summed E-state index contributed by atoms with van der Waals surface area (Å²) in [7, 11) is 0. The summed E-state index contributed by atoms with van der Waals surface area (Å²) in [5.74, 6) is 0.275. The van der Waals surface area contributed by atoms with Crippen molar-refractivity contribution >= 4 is 22.9 Å². The van der Waals surface area contributed by atoms with Crippen LogP contribution in [-0.2, 0) is 17.9 Å². The molecule has 0 unspecified atom stereocenters. The number of aromatic nitrogens is 3. The van der Waals surface area contributed by atoms with Crippen molar-refractivity contribution in [1.82, 2.24) is 19.9 Å². The standard InChI is InChI=1S/C23H27N5O2/c1-3-28-20-19(10-5-11-24-20)26-21(23(28)30)27-12-6-9-18(15-27)22(29)25-14-17-8-4-7-16(2)13-17/h4-5,7-8,10-11,13,18H,3,6,9,12,14-15H2,1-2H3,(H,25,29)/t18-/m0/s1. The molecular formula is C23H27N5O2. The van der Waals surface area contributed by atoms with Gasteiger partial charge >= 0.3 is 0 Å². The van der Waals surface area contributed by atoms with Crippen molar-refractivity contribution in [2.75, 3.05) is 18.0 Å². The van der Waals surface area contributed by atoms with Crippen molar-refractivity contribution in [3.05, 3.63) is 64.1 Å². The van der Waals surface area contributed by atoms with Gasteiger partial charge in [0.05, 0.1) is 5.92 Å². The fourth-order valence-corrected chi connectivity index (χ4v) is 4.10. The van der Waals surface area contributed by atoms with E-state index in [0.717, 1.165) is 24.9 Å². The van der Waals surface area contributed by atoms with Gasteiger partial charge in [-0.15, -0.1) is 0 Å². The number of hydrogen-bond acceptors (Lipinski definition) is 5. The third-order valence-electron chi connectivity index (χ3n) is 5.64. The van der Waals surface area contributed by atoms with Gasteiger partial charge in [0.15, 0.2) is 11.5 Å². The first-order chi connectivity index (χ1) is 14.6. The van der Waals surface area contributed by atoms with Crippen molar-refractivity contribution in [3.8, 4) is 0 Å². The van der Waals surface area contributed by atoms with E-state index in [-0.39, 0.29) is 17.4 Å². The quantitative estimate of drug-likeness (QED) is 0.706. The highest BCUT2D eigenvalue weighted by molar-refractivity contribution is 5.79. The van der Waals surface area contributed by atoms with E-state index in [9.17, 15) is 9.59 Å². The molecule has 0 radical (unpaired) electrons. The first-order valence-corrected chi connectivity index (χ1v) is 10.5. The number of rotatable bonds is 5. The average molecular weight is 406 g/mol. The van der Waals surface area contributed by atoms with Crippen LogP contribution in [0.4, 0.5) is 5.82 Å². The zero-order valence-electron chi connectivity index (χ0n) is 17.5. The zero-order chi connectivity index (χ0) is 21.1. The fourth-order valence-electron chi connectivity index (χ4n) is 4.10. The molecule has 0 bridgehead atoms. The van der Waals surface area contributed by atoms with E-state index in [2.05, 4.69) is 21.4 Å². The van der Waals surface area contributed by atoms with Gasteiger partial charge in [-0.1, -0.05) is 29.8 Å². The van der Waals surface area contributed by atoms with E-state index in [1.807, 2.05) is 49.1 Å². The van der Waals surface area contributed by atoms with Gasteiger partial charge in [-0.25, -0.2) is 9.97 Å². The maximum absolute atomic E-state index is 13.1. The summed E-state index contributed by atoms with van der Waals surface area (Å²) >= 11 is 0. The largest absolute Gasteiger partial charge is 0.352 e. The van der Waals surface area contributed by atoms with Crippen LogP contribution in [0.25, 0.3) is 11.2 Å². The molecule has 7 nitrogen and oxygen atoms in total. The Morgan fingerprint density at radius 3 is 2.93 bits per heavy atom. The Kier molecular flexibility index (Phi) is 5.79. The lowest BCUT2D eigenvalue weighted by molar-refractivity contribution is -0.125. The van der Waals surface area contributed by atoms with E-state index in [0.29, 0.717) is 36.6 Å². The highest BCUT2D eigenvalue weighted by Crippen LogP contribution is 2.21. The molecule has 4 rings (SSSR count). The molecule has 1 saturated heterocycles. The number of carbonyl (C=O) groups is 1. The molecular weight excluding hydrogens is 378 g/mol. The van der Waals surface area contributed by atoms with Crippen LogP contribution in [0.5, 0.6) is 0 Å². The Bertz CT molecular complexity index is 1120. The maximum Gasteiger partial charge on any atom is 0.295 e. The van der Waals surface area contributed by atoms with E-state index in [4.69, 9.17) is 0 Å². The third-order valence-corrected chi connectivity index (χ3v) is 5.64. The fraction of sp³-hybridized carbons (Fsp3) is 0.391. The molecule has 30 heavy (non-hydrogen) atoms. The minimum absolute atomic E-state index is 0.0273. The Morgan fingerprint density at radius 2 is 2.13 bits per heavy atom. The lowest BCUT2D eigenvalue weighted by Crippen LogP contribution is -2.45. The topological polar surface area (TPSA) is 80.1 Å². The number of piperidine rings is 1. The van der Waals surface area contributed by atoms with Crippen molar-refractivity contribution in [2.24, 2.45) is 5.92 Å². The zero-order valence-corrected chi connectivity index (χ0v) is 17.5. The predicted octanol–water partition coefficient (Wildman–Crippen LogP) is 2.65. The van der Waals surface area contributed by atoms with Crippen molar-refractivity contribution in [1.29, 1.82) is 0 Å². The van der Waals surface area contributed by atoms with Gasteiger partial charge in [0, 0.05) is 32.4 Å². The highest BCUT2D eigenvalue weighted by Gasteiger charge is 2.28. The Labute approximate surface area is 175 Å². The smallest absolute Gasteiger partial charge is 0.295 e. The molecule has 2 aromatic heterocycles. The molecule has 1 aliphatic heterocycles. The van der Waals surface area contributed by atoms with Crippen molar-refractivity contribution in [2.45, 2.75) is 39.8 Å². The molecule has 3 aromatic rings. The van der Waals surface area contributed by atoms with E-state index < -0.39 is 0 Å². The lowest BCUT2D eigenvalue weighted by Gasteiger charge is -2.32. The van der Waals surface area contributed by atoms with Crippen LogP contribution in [-0.4, -0.2) is 33.5 Å². The minimum atomic E-state index is -0.163. The molecule has 1 fully saturated rings. The van der Waals surface area contributed by atoms with E-state index in [1.165, 1.54) is 5.56 Å². The normalized spacial score (nSPS) is 16.6. The number of carbonyl (C=O) groups excluding carboxylic acids is 1. The van der Waals surface area contributed by atoms with Gasteiger partial charge in [0.1, 0.15) is 5.52 Å². The number of nitrogens with zero attached hydrogens (tertiary/aromatic N) is 4. The van der Waals surface area contributed by atoms with Gasteiger partial charge in [0.2, 0.25) is 5.91 Å². The van der Waals surface area contributed by atoms with Crippen LogP contribution >= 0.6 is 0 Å². The predicted molar refractivity (Wildman–Crippen MR) is 117 cm³/mol.